The zero-order valence-electron chi connectivity index (χ0n) is 19.3. The van der Waals surface area contributed by atoms with Crippen molar-refractivity contribution in [3.8, 4) is 0 Å². The van der Waals surface area contributed by atoms with Crippen LogP contribution in [0, 0.1) is 5.82 Å². The summed E-state index contributed by atoms with van der Waals surface area (Å²) in [6, 6.07) is 3.14. The van der Waals surface area contributed by atoms with E-state index in [0.717, 1.165) is 35.3 Å². The van der Waals surface area contributed by atoms with Gasteiger partial charge < -0.3 is 20.5 Å². The van der Waals surface area contributed by atoms with Crippen LogP contribution in [0.2, 0.25) is 0 Å². The Hall–Kier alpha value is -2.76. The minimum atomic E-state index is -1.97. The summed E-state index contributed by atoms with van der Waals surface area (Å²) in [5.41, 5.74) is -0.756. The summed E-state index contributed by atoms with van der Waals surface area (Å²) in [6.07, 6.45) is 4.64. The Bertz CT molecular complexity index is 1270. The maximum Gasteiger partial charge on any atom is 0.251 e. The number of pyridine rings is 2. The first-order valence-electron chi connectivity index (χ1n) is 11.6. The lowest BCUT2D eigenvalue weighted by Gasteiger charge is -2.36. The molecule has 0 bridgehead atoms. The van der Waals surface area contributed by atoms with Crippen LogP contribution in [0.4, 0.5) is 8.78 Å². The molecule has 0 amide bonds. The highest BCUT2D eigenvalue weighted by Crippen LogP contribution is 2.41. The Balaban J connectivity index is 1.18. The third-order valence-electron chi connectivity index (χ3n) is 6.73. The number of aromatic nitrogens is 2. The first-order chi connectivity index (χ1) is 16.9. The van der Waals surface area contributed by atoms with Crippen molar-refractivity contribution in [2.24, 2.45) is 10.9 Å². The average Bonchev–Trinajstić information content (AvgIpc) is 3.17. The molecule has 1 atom stereocenters. The number of nitrogens with one attached hydrogen (secondary N) is 1. The SMILES string of the molecule is C=C(/C=C1/SCCO/C1=N/N)CNC1CCN(CC2(F)Cn3c(=O)ccc4ncc(F)c2c43)CC1. The third-order valence-corrected chi connectivity index (χ3v) is 7.71. The standard InChI is InChI=1S/C24H28F2N6O2S/c1-15(10-19-23(30-27)34-8-9-35-19)11-28-16-4-6-31(7-5-16)13-24(26)14-32-20(33)3-2-18-22(32)21(24)17(25)12-29-18/h2-3,10,12,16,28H,1,4-9,11,13-14,27H2/b19-10+,30-23+. The third kappa shape index (κ3) is 4.72. The number of nitrogens with two attached hydrogens (primary N) is 1. The minimum absolute atomic E-state index is 0.0358. The predicted molar refractivity (Wildman–Crippen MR) is 133 cm³/mol. The van der Waals surface area contributed by atoms with Crippen molar-refractivity contribution in [2.45, 2.75) is 31.1 Å². The quantitative estimate of drug-likeness (QED) is 0.462. The average molecular weight is 503 g/mol. The molecule has 35 heavy (non-hydrogen) atoms. The van der Waals surface area contributed by atoms with Crippen LogP contribution in [-0.4, -0.2) is 64.9 Å². The fraction of sp³-hybridized carbons (Fsp3) is 0.458. The number of halogens is 2. The minimum Gasteiger partial charge on any atom is -0.475 e. The zero-order chi connectivity index (χ0) is 24.6. The lowest BCUT2D eigenvalue weighted by molar-refractivity contribution is 0.0640. The van der Waals surface area contributed by atoms with Crippen molar-refractivity contribution in [1.82, 2.24) is 19.8 Å². The lowest BCUT2D eigenvalue weighted by atomic mass is 9.95. The van der Waals surface area contributed by atoms with Gasteiger partial charge in [-0.3, -0.25) is 14.7 Å². The molecule has 0 spiro atoms. The van der Waals surface area contributed by atoms with Crippen LogP contribution in [0.5, 0.6) is 0 Å². The largest absolute Gasteiger partial charge is 0.475 e. The number of rotatable bonds is 6. The molecule has 5 rings (SSSR count). The van der Waals surface area contributed by atoms with E-state index in [9.17, 15) is 9.18 Å². The van der Waals surface area contributed by atoms with Crippen LogP contribution in [0.3, 0.4) is 0 Å². The Labute approximate surface area is 205 Å². The maximum atomic E-state index is 16.2. The van der Waals surface area contributed by atoms with Gasteiger partial charge in [-0.25, -0.2) is 8.78 Å². The molecular weight excluding hydrogens is 474 g/mol. The van der Waals surface area contributed by atoms with Crippen molar-refractivity contribution >= 4 is 28.7 Å². The molecule has 11 heteroatoms. The molecule has 1 unspecified atom stereocenters. The summed E-state index contributed by atoms with van der Waals surface area (Å²) in [5.74, 6) is 5.97. The predicted octanol–water partition coefficient (Wildman–Crippen LogP) is 2.24. The van der Waals surface area contributed by atoms with Gasteiger partial charge in [0.15, 0.2) is 5.67 Å². The number of thioether (sulfide) groups is 1. The van der Waals surface area contributed by atoms with Gasteiger partial charge >= 0.3 is 0 Å². The summed E-state index contributed by atoms with van der Waals surface area (Å²) in [6.45, 7) is 6.50. The van der Waals surface area contributed by atoms with Crippen molar-refractivity contribution in [2.75, 3.05) is 38.5 Å². The van der Waals surface area contributed by atoms with E-state index < -0.39 is 11.5 Å². The van der Waals surface area contributed by atoms with Gasteiger partial charge in [-0.05, 0) is 43.6 Å². The second-order valence-electron chi connectivity index (χ2n) is 9.17. The van der Waals surface area contributed by atoms with Crippen LogP contribution in [-0.2, 0) is 17.0 Å². The molecule has 0 aliphatic carbocycles. The van der Waals surface area contributed by atoms with Crippen molar-refractivity contribution < 1.29 is 13.5 Å². The summed E-state index contributed by atoms with van der Waals surface area (Å²) in [5, 5.41) is 7.20. The highest BCUT2D eigenvalue weighted by Gasteiger charge is 2.45. The first kappa shape index (κ1) is 24.0. The zero-order valence-corrected chi connectivity index (χ0v) is 20.1. The number of nitrogens with zero attached hydrogens (tertiary/aromatic N) is 4. The van der Waals surface area contributed by atoms with Gasteiger partial charge in [-0.15, -0.1) is 16.9 Å². The van der Waals surface area contributed by atoms with E-state index in [1.54, 1.807) is 11.8 Å². The summed E-state index contributed by atoms with van der Waals surface area (Å²) < 4.78 is 37.7. The highest BCUT2D eigenvalue weighted by molar-refractivity contribution is 8.04. The molecule has 0 radical (unpaired) electrons. The molecule has 5 heterocycles. The Kier molecular flexibility index (Phi) is 6.65. The van der Waals surface area contributed by atoms with Crippen molar-refractivity contribution in [1.29, 1.82) is 0 Å². The smallest absolute Gasteiger partial charge is 0.251 e. The molecule has 3 N–H and O–H groups in total. The van der Waals surface area contributed by atoms with Crippen LogP contribution < -0.4 is 16.7 Å². The Morgan fingerprint density at radius 2 is 2.23 bits per heavy atom. The molecule has 186 valence electrons. The molecule has 2 fully saturated rings. The number of piperidine rings is 1. The van der Waals surface area contributed by atoms with Gasteiger partial charge in [0.25, 0.3) is 5.56 Å². The van der Waals surface area contributed by atoms with E-state index in [0.29, 0.717) is 37.7 Å². The normalized spacial score (nSPS) is 25.4. The second-order valence-corrected chi connectivity index (χ2v) is 10.3. The first-order valence-corrected chi connectivity index (χ1v) is 12.6. The number of likely N-dealkylation sites (tertiary alicyclic amines) is 1. The van der Waals surface area contributed by atoms with Crippen LogP contribution in [0.1, 0.15) is 18.4 Å². The van der Waals surface area contributed by atoms with Crippen LogP contribution in [0.25, 0.3) is 11.0 Å². The maximum absolute atomic E-state index is 16.2. The fourth-order valence-electron chi connectivity index (χ4n) is 5.07. The van der Waals surface area contributed by atoms with Gasteiger partial charge in [0.2, 0.25) is 5.90 Å². The van der Waals surface area contributed by atoms with E-state index in [1.807, 2.05) is 11.0 Å². The number of hydrogen-bond donors (Lipinski definition) is 2. The second kappa shape index (κ2) is 9.71. The summed E-state index contributed by atoms with van der Waals surface area (Å²) in [4.78, 5) is 19.2. The van der Waals surface area contributed by atoms with E-state index in [-0.39, 0.29) is 35.8 Å². The summed E-state index contributed by atoms with van der Waals surface area (Å²) >= 11 is 1.64. The molecular formula is C24H28F2N6O2S. The van der Waals surface area contributed by atoms with E-state index in [1.165, 1.54) is 16.7 Å². The Morgan fingerprint density at radius 3 is 3.00 bits per heavy atom. The molecule has 0 aromatic carbocycles. The van der Waals surface area contributed by atoms with E-state index in [2.05, 4.69) is 22.0 Å². The molecule has 8 nitrogen and oxygen atoms in total. The van der Waals surface area contributed by atoms with Gasteiger partial charge in [0.1, 0.15) is 5.82 Å². The molecule has 3 aliphatic rings. The van der Waals surface area contributed by atoms with Crippen LogP contribution >= 0.6 is 11.8 Å². The number of alkyl halides is 1. The molecule has 2 aromatic rings. The highest BCUT2D eigenvalue weighted by atomic mass is 32.2. The number of hydrogen-bond acceptors (Lipinski definition) is 8. The lowest BCUT2D eigenvalue weighted by Crippen LogP contribution is -2.47. The number of hydrazone groups is 1. The molecule has 2 saturated heterocycles. The van der Waals surface area contributed by atoms with Crippen LogP contribution in [0.15, 0.2) is 51.4 Å². The topological polar surface area (TPSA) is 97.8 Å². The fourth-order valence-corrected chi connectivity index (χ4v) is 5.94. The van der Waals surface area contributed by atoms with Gasteiger partial charge in [-0.2, -0.15) is 0 Å². The summed E-state index contributed by atoms with van der Waals surface area (Å²) in [7, 11) is 0. The van der Waals surface area contributed by atoms with Crippen molar-refractivity contribution in [3.63, 3.8) is 0 Å². The molecule has 0 saturated carbocycles. The van der Waals surface area contributed by atoms with Gasteiger partial charge in [-0.1, -0.05) is 6.58 Å². The molecule has 3 aliphatic heterocycles. The number of ether oxygens (including phenoxy) is 1. The Morgan fingerprint density at radius 1 is 1.43 bits per heavy atom. The van der Waals surface area contributed by atoms with Gasteiger partial charge in [0, 0.05) is 31.0 Å². The van der Waals surface area contributed by atoms with E-state index in [4.69, 9.17) is 10.6 Å². The van der Waals surface area contributed by atoms with Crippen molar-refractivity contribution in [3.05, 3.63) is 63.2 Å². The van der Waals surface area contributed by atoms with E-state index >= 15 is 4.39 Å². The molecule has 2 aromatic heterocycles. The monoisotopic (exact) mass is 502 g/mol. The van der Waals surface area contributed by atoms with Gasteiger partial charge in [0.05, 0.1) is 40.9 Å².